The Kier molecular flexibility index (Phi) is 6.06. The van der Waals surface area contributed by atoms with Crippen LogP contribution in [0.25, 0.3) is 0 Å². The maximum Gasteiger partial charge on any atom is 0.246 e. The molecular formula is C16H24N4O. The Labute approximate surface area is 126 Å². The van der Waals surface area contributed by atoms with Gasteiger partial charge in [-0.1, -0.05) is 43.9 Å². The van der Waals surface area contributed by atoms with Crippen LogP contribution in [0.4, 0.5) is 5.69 Å². The predicted molar refractivity (Wildman–Crippen MR) is 86.2 cm³/mol. The molecular weight excluding hydrogens is 264 g/mol. The first kappa shape index (κ1) is 15.4. The molecule has 2 rings (SSSR count). The molecule has 0 saturated heterocycles. The summed E-state index contributed by atoms with van der Waals surface area (Å²) in [7, 11) is 0. The number of anilines is 1. The average Bonchev–Trinajstić information content (AvgIpc) is 2.75. The zero-order chi connectivity index (χ0) is 14.9. The molecule has 0 spiro atoms. The van der Waals surface area contributed by atoms with Crippen LogP contribution in [0.15, 0.2) is 35.3 Å². The fraction of sp³-hybridized carbons (Fsp3) is 0.500. The van der Waals surface area contributed by atoms with E-state index in [1.54, 1.807) is 0 Å². The van der Waals surface area contributed by atoms with Gasteiger partial charge in [-0.2, -0.15) is 0 Å². The van der Waals surface area contributed by atoms with Crippen LogP contribution in [-0.2, 0) is 4.79 Å². The minimum atomic E-state index is -0.160. The fourth-order valence-electron chi connectivity index (χ4n) is 2.56. The number of guanidine groups is 1. The normalized spacial score (nSPS) is 17.0. The quantitative estimate of drug-likeness (QED) is 0.451. The monoisotopic (exact) mass is 288 g/mol. The van der Waals surface area contributed by atoms with Crippen LogP contribution in [0.5, 0.6) is 0 Å². The van der Waals surface area contributed by atoms with Crippen molar-refractivity contribution in [2.24, 2.45) is 10.7 Å². The van der Waals surface area contributed by atoms with E-state index in [0.29, 0.717) is 12.0 Å². The number of hydrogen-bond acceptors (Lipinski definition) is 2. The van der Waals surface area contributed by atoms with Gasteiger partial charge in [0.15, 0.2) is 5.96 Å². The summed E-state index contributed by atoms with van der Waals surface area (Å²) in [5.41, 5.74) is 6.63. The summed E-state index contributed by atoms with van der Waals surface area (Å²) in [5.74, 6) is 0.205. The maximum atomic E-state index is 11.8. The van der Waals surface area contributed by atoms with Gasteiger partial charge in [-0.05, 0) is 25.0 Å². The highest BCUT2D eigenvalue weighted by molar-refractivity contribution is 5.93. The number of para-hydroxylation sites is 1. The highest BCUT2D eigenvalue weighted by Gasteiger charge is 2.12. The lowest BCUT2D eigenvalue weighted by Crippen LogP contribution is -2.40. The average molecular weight is 288 g/mol. The summed E-state index contributed by atoms with van der Waals surface area (Å²) in [6, 6.07) is 9.74. The van der Waals surface area contributed by atoms with Crippen LogP contribution < -0.4 is 16.4 Å². The Hall–Kier alpha value is -2.04. The van der Waals surface area contributed by atoms with E-state index < -0.39 is 0 Å². The lowest BCUT2D eigenvalue weighted by Gasteiger charge is -2.16. The van der Waals surface area contributed by atoms with Crippen molar-refractivity contribution in [1.82, 2.24) is 5.32 Å². The molecule has 114 valence electrons. The number of nitrogens with two attached hydrogens (primary N) is 1. The topological polar surface area (TPSA) is 79.5 Å². The largest absolute Gasteiger partial charge is 0.370 e. The molecule has 5 heteroatoms. The molecule has 0 atom stereocenters. The van der Waals surface area contributed by atoms with Crippen molar-refractivity contribution in [3.8, 4) is 0 Å². The van der Waals surface area contributed by atoms with Crippen LogP contribution in [0.2, 0.25) is 0 Å². The molecule has 1 fully saturated rings. The van der Waals surface area contributed by atoms with Crippen molar-refractivity contribution in [2.45, 2.75) is 44.6 Å². The van der Waals surface area contributed by atoms with E-state index >= 15 is 0 Å². The van der Waals surface area contributed by atoms with E-state index in [4.69, 9.17) is 5.73 Å². The van der Waals surface area contributed by atoms with Gasteiger partial charge in [0.1, 0.15) is 6.54 Å². The van der Waals surface area contributed by atoms with E-state index in [9.17, 15) is 4.79 Å². The van der Waals surface area contributed by atoms with Crippen molar-refractivity contribution >= 4 is 17.6 Å². The van der Waals surface area contributed by atoms with Gasteiger partial charge in [0.2, 0.25) is 5.91 Å². The predicted octanol–water partition coefficient (Wildman–Crippen LogP) is 2.25. The Morgan fingerprint density at radius 1 is 1.14 bits per heavy atom. The zero-order valence-corrected chi connectivity index (χ0v) is 12.3. The van der Waals surface area contributed by atoms with Crippen LogP contribution in [0.1, 0.15) is 38.5 Å². The number of rotatable bonds is 4. The van der Waals surface area contributed by atoms with Gasteiger partial charge in [-0.15, -0.1) is 0 Å². The van der Waals surface area contributed by atoms with Crippen molar-refractivity contribution < 1.29 is 4.79 Å². The molecule has 1 amide bonds. The molecule has 5 nitrogen and oxygen atoms in total. The maximum absolute atomic E-state index is 11.8. The first-order valence-electron chi connectivity index (χ1n) is 7.65. The molecule has 0 bridgehead atoms. The number of benzene rings is 1. The first-order chi connectivity index (χ1) is 10.2. The number of aliphatic imine (C=N–C) groups is 1. The van der Waals surface area contributed by atoms with Gasteiger partial charge < -0.3 is 16.4 Å². The van der Waals surface area contributed by atoms with Crippen molar-refractivity contribution in [2.75, 3.05) is 11.9 Å². The Morgan fingerprint density at radius 3 is 2.48 bits per heavy atom. The molecule has 21 heavy (non-hydrogen) atoms. The van der Waals surface area contributed by atoms with Crippen LogP contribution in [0.3, 0.4) is 0 Å². The fourth-order valence-corrected chi connectivity index (χ4v) is 2.56. The minimum absolute atomic E-state index is 0.0421. The number of carbonyl (C=O) groups is 1. The van der Waals surface area contributed by atoms with Crippen molar-refractivity contribution in [3.05, 3.63) is 30.3 Å². The van der Waals surface area contributed by atoms with E-state index in [2.05, 4.69) is 15.6 Å². The van der Waals surface area contributed by atoms with E-state index in [1.165, 1.54) is 25.7 Å². The third-order valence-electron chi connectivity index (χ3n) is 3.66. The highest BCUT2D eigenvalue weighted by atomic mass is 16.1. The molecule has 0 aliphatic heterocycles. The molecule has 1 aromatic carbocycles. The van der Waals surface area contributed by atoms with Gasteiger partial charge in [-0.3, -0.25) is 4.79 Å². The van der Waals surface area contributed by atoms with Crippen molar-refractivity contribution in [1.29, 1.82) is 0 Å². The van der Waals surface area contributed by atoms with E-state index in [1.807, 2.05) is 30.3 Å². The Bertz CT molecular complexity index is 464. The minimum Gasteiger partial charge on any atom is -0.370 e. The Balaban J connectivity index is 1.75. The standard InChI is InChI=1S/C16H24N4O/c17-16(20-14-10-4-1-2-5-11-14)18-12-15(21)19-13-8-6-3-7-9-13/h3,6-9,14H,1-2,4-5,10-12H2,(H,19,21)(H3,17,18,20). The molecule has 0 radical (unpaired) electrons. The molecule has 1 aliphatic rings. The van der Waals surface area contributed by atoms with E-state index in [-0.39, 0.29) is 12.5 Å². The third-order valence-corrected chi connectivity index (χ3v) is 3.66. The van der Waals surface area contributed by atoms with Crippen LogP contribution in [-0.4, -0.2) is 24.5 Å². The number of hydrogen-bond donors (Lipinski definition) is 3. The van der Waals surface area contributed by atoms with Gasteiger partial charge >= 0.3 is 0 Å². The molecule has 0 aromatic heterocycles. The second-order valence-corrected chi connectivity index (χ2v) is 5.45. The zero-order valence-electron chi connectivity index (χ0n) is 12.3. The summed E-state index contributed by atoms with van der Waals surface area (Å²) in [6.07, 6.45) is 7.33. The molecule has 4 N–H and O–H groups in total. The molecule has 1 aromatic rings. The highest BCUT2D eigenvalue weighted by Crippen LogP contribution is 2.16. The molecule has 0 heterocycles. The van der Waals surface area contributed by atoms with Gasteiger partial charge in [0, 0.05) is 11.7 Å². The first-order valence-corrected chi connectivity index (χ1v) is 7.65. The number of amides is 1. The van der Waals surface area contributed by atoms with Gasteiger partial charge in [0.25, 0.3) is 0 Å². The van der Waals surface area contributed by atoms with Crippen molar-refractivity contribution in [3.63, 3.8) is 0 Å². The molecule has 0 unspecified atom stereocenters. The Morgan fingerprint density at radius 2 is 1.81 bits per heavy atom. The number of nitrogens with zero attached hydrogens (tertiary/aromatic N) is 1. The van der Waals surface area contributed by atoms with E-state index in [0.717, 1.165) is 18.5 Å². The summed E-state index contributed by atoms with van der Waals surface area (Å²) in [5, 5.41) is 6.01. The molecule has 1 saturated carbocycles. The second-order valence-electron chi connectivity index (χ2n) is 5.45. The van der Waals surface area contributed by atoms with Crippen LogP contribution in [0, 0.1) is 0 Å². The number of nitrogens with one attached hydrogen (secondary N) is 2. The van der Waals surface area contributed by atoms with Crippen LogP contribution >= 0.6 is 0 Å². The summed E-state index contributed by atoms with van der Waals surface area (Å²) >= 11 is 0. The lowest BCUT2D eigenvalue weighted by atomic mass is 10.1. The van der Waals surface area contributed by atoms with Gasteiger partial charge in [-0.25, -0.2) is 4.99 Å². The summed E-state index contributed by atoms with van der Waals surface area (Å²) in [6.45, 7) is 0.0421. The summed E-state index contributed by atoms with van der Waals surface area (Å²) < 4.78 is 0. The molecule has 1 aliphatic carbocycles. The number of carbonyl (C=O) groups excluding carboxylic acids is 1. The second kappa shape index (κ2) is 8.29. The SMILES string of the molecule is NC(=NCC(=O)Nc1ccccc1)NC1CCCCCC1. The lowest BCUT2D eigenvalue weighted by molar-refractivity contribution is -0.114. The third kappa shape index (κ3) is 5.85. The summed E-state index contributed by atoms with van der Waals surface area (Å²) in [4.78, 5) is 15.9. The smallest absolute Gasteiger partial charge is 0.246 e. The van der Waals surface area contributed by atoms with Gasteiger partial charge in [0.05, 0.1) is 0 Å².